The van der Waals surface area contributed by atoms with Gasteiger partial charge in [0.05, 0.1) is 11.3 Å². The third-order valence-corrected chi connectivity index (χ3v) is 3.45. The minimum absolute atomic E-state index is 0.193. The van der Waals surface area contributed by atoms with E-state index in [4.69, 9.17) is 10.5 Å². The van der Waals surface area contributed by atoms with Crippen molar-refractivity contribution in [1.82, 2.24) is 0 Å². The van der Waals surface area contributed by atoms with Crippen LogP contribution in [-0.2, 0) is 4.74 Å². The van der Waals surface area contributed by atoms with Gasteiger partial charge in [0.2, 0.25) is 0 Å². The Labute approximate surface area is 158 Å². The van der Waals surface area contributed by atoms with Crippen molar-refractivity contribution in [2.24, 2.45) is 0 Å². The number of anilines is 1. The Hall–Kier alpha value is -3.23. The van der Waals surface area contributed by atoms with Gasteiger partial charge in [-0.05, 0) is 32.4 Å². The molecule has 0 radical (unpaired) electrons. The maximum Gasteiger partial charge on any atom is 0.573 e. The monoisotopic (exact) mass is 397 g/mol. The van der Waals surface area contributed by atoms with Crippen LogP contribution in [0.15, 0.2) is 36.4 Å². The molecule has 28 heavy (non-hydrogen) atoms. The van der Waals surface area contributed by atoms with Crippen LogP contribution in [0.3, 0.4) is 0 Å². The SMILES string of the molecule is CC(C)(C)OC(=O)c1cc(-c2ccccc2)c(OC(F)(F)F)c(N)c1C(=O)O. The fourth-order valence-electron chi connectivity index (χ4n) is 2.47. The lowest BCUT2D eigenvalue weighted by Crippen LogP contribution is -2.26. The average molecular weight is 397 g/mol. The molecule has 0 atom stereocenters. The van der Waals surface area contributed by atoms with E-state index in [0.29, 0.717) is 0 Å². The van der Waals surface area contributed by atoms with Gasteiger partial charge in [0.25, 0.3) is 0 Å². The number of hydrogen-bond donors (Lipinski definition) is 2. The highest BCUT2D eigenvalue weighted by Crippen LogP contribution is 2.42. The minimum Gasteiger partial charge on any atom is -0.478 e. The highest BCUT2D eigenvalue weighted by Gasteiger charge is 2.36. The van der Waals surface area contributed by atoms with Gasteiger partial charge in [0, 0.05) is 5.56 Å². The van der Waals surface area contributed by atoms with Crippen LogP contribution >= 0.6 is 0 Å². The Morgan fingerprint density at radius 3 is 2.11 bits per heavy atom. The number of carboxylic acids is 1. The second-order valence-corrected chi connectivity index (χ2v) is 6.81. The van der Waals surface area contributed by atoms with Gasteiger partial charge in [-0.3, -0.25) is 0 Å². The van der Waals surface area contributed by atoms with Crippen LogP contribution in [0.1, 0.15) is 41.5 Å². The molecule has 0 saturated carbocycles. The molecule has 0 amide bonds. The molecule has 2 aromatic carbocycles. The lowest BCUT2D eigenvalue weighted by molar-refractivity contribution is -0.274. The summed E-state index contributed by atoms with van der Waals surface area (Å²) in [6.07, 6.45) is -5.12. The molecule has 9 heteroatoms. The van der Waals surface area contributed by atoms with Crippen LogP contribution in [0.2, 0.25) is 0 Å². The zero-order valence-electron chi connectivity index (χ0n) is 15.3. The highest BCUT2D eigenvalue weighted by atomic mass is 19.4. The Morgan fingerprint density at radius 1 is 1.07 bits per heavy atom. The van der Waals surface area contributed by atoms with Gasteiger partial charge >= 0.3 is 18.3 Å². The average Bonchev–Trinajstić information content (AvgIpc) is 2.54. The number of rotatable bonds is 4. The summed E-state index contributed by atoms with van der Waals surface area (Å²) in [6.45, 7) is 4.69. The van der Waals surface area contributed by atoms with Crippen molar-refractivity contribution in [3.63, 3.8) is 0 Å². The first-order chi connectivity index (χ1) is 12.8. The van der Waals surface area contributed by atoms with E-state index in [1.807, 2.05) is 0 Å². The standard InChI is InChI=1S/C19H18F3NO5/c1-18(2,3)28-17(26)12-9-11(10-7-5-4-6-8-10)15(27-19(20,21)22)14(23)13(12)16(24)25/h4-9H,23H2,1-3H3,(H,24,25). The summed E-state index contributed by atoms with van der Waals surface area (Å²) in [7, 11) is 0. The molecule has 0 fully saturated rings. The van der Waals surface area contributed by atoms with Gasteiger partial charge in [-0.2, -0.15) is 0 Å². The molecule has 0 aliphatic heterocycles. The summed E-state index contributed by atoms with van der Waals surface area (Å²) in [6, 6.07) is 8.67. The lowest BCUT2D eigenvalue weighted by Gasteiger charge is -2.22. The predicted molar refractivity (Wildman–Crippen MR) is 95.1 cm³/mol. The molecule has 0 bridgehead atoms. The lowest BCUT2D eigenvalue weighted by atomic mass is 9.95. The van der Waals surface area contributed by atoms with Gasteiger partial charge < -0.3 is 20.3 Å². The molecule has 0 unspecified atom stereocenters. The molecule has 2 rings (SSSR count). The smallest absolute Gasteiger partial charge is 0.478 e. The van der Waals surface area contributed by atoms with Crippen molar-refractivity contribution < 1.29 is 37.3 Å². The first-order valence-corrected chi connectivity index (χ1v) is 8.04. The fraction of sp³-hybridized carbons (Fsp3) is 0.263. The predicted octanol–water partition coefficient (Wildman–Crippen LogP) is 4.49. The number of ether oxygens (including phenoxy) is 2. The highest BCUT2D eigenvalue weighted by molar-refractivity contribution is 6.09. The Bertz CT molecular complexity index is 903. The van der Waals surface area contributed by atoms with Crippen molar-refractivity contribution in [1.29, 1.82) is 0 Å². The van der Waals surface area contributed by atoms with Crippen molar-refractivity contribution in [3.05, 3.63) is 47.5 Å². The van der Waals surface area contributed by atoms with E-state index >= 15 is 0 Å². The van der Waals surface area contributed by atoms with Crippen LogP contribution in [0.25, 0.3) is 11.1 Å². The number of esters is 1. The second-order valence-electron chi connectivity index (χ2n) is 6.81. The zero-order valence-corrected chi connectivity index (χ0v) is 15.3. The molecule has 0 aliphatic rings. The molecule has 0 aromatic heterocycles. The number of carbonyl (C=O) groups is 2. The van der Waals surface area contributed by atoms with Gasteiger partial charge in [-0.1, -0.05) is 30.3 Å². The number of aromatic carboxylic acids is 1. The minimum atomic E-state index is -5.12. The molecule has 2 aromatic rings. The molecule has 6 nitrogen and oxygen atoms in total. The van der Waals surface area contributed by atoms with Crippen molar-refractivity contribution in [2.75, 3.05) is 5.73 Å². The summed E-state index contributed by atoms with van der Waals surface area (Å²) in [4.78, 5) is 24.2. The normalized spacial score (nSPS) is 11.8. The number of carbonyl (C=O) groups excluding carboxylic acids is 1. The maximum atomic E-state index is 12.9. The Balaban J connectivity index is 2.81. The van der Waals surface area contributed by atoms with E-state index in [1.165, 1.54) is 12.1 Å². The third kappa shape index (κ3) is 4.93. The number of nitrogen functional groups attached to an aromatic ring is 1. The second kappa shape index (κ2) is 7.41. The number of alkyl halides is 3. The van der Waals surface area contributed by atoms with Gasteiger partial charge in [-0.15, -0.1) is 13.2 Å². The number of hydrogen-bond acceptors (Lipinski definition) is 5. The fourth-order valence-corrected chi connectivity index (χ4v) is 2.47. The van der Waals surface area contributed by atoms with Crippen LogP contribution < -0.4 is 10.5 Å². The molecule has 0 saturated heterocycles. The largest absolute Gasteiger partial charge is 0.573 e. The first kappa shape index (κ1) is 21.1. The number of benzene rings is 2. The van der Waals surface area contributed by atoms with E-state index in [9.17, 15) is 27.9 Å². The number of nitrogens with two attached hydrogens (primary N) is 1. The van der Waals surface area contributed by atoms with Gasteiger partial charge in [-0.25, -0.2) is 9.59 Å². The molecule has 3 N–H and O–H groups in total. The van der Waals surface area contributed by atoms with Crippen LogP contribution in [0.4, 0.5) is 18.9 Å². The Kier molecular flexibility index (Phi) is 5.58. The van der Waals surface area contributed by atoms with E-state index in [0.717, 1.165) is 6.07 Å². The van der Waals surface area contributed by atoms with Crippen molar-refractivity contribution >= 4 is 17.6 Å². The third-order valence-electron chi connectivity index (χ3n) is 3.45. The molecule has 0 aliphatic carbocycles. The van der Waals surface area contributed by atoms with E-state index in [-0.39, 0.29) is 11.1 Å². The summed E-state index contributed by atoms with van der Waals surface area (Å²) in [5.74, 6) is -3.62. The van der Waals surface area contributed by atoms with Crippen molar-refractivity contribution in [3.8, 4) is 16.9 Å². The van der Waals surface area contributed by atoms with Crippen molar-refractivity contribution in [2.45, 2.75) is 32.7 Å². The molecule has 0 spiro atoms. The first-order valence-electron chi connectivity index (χ1n) is 8.04. The molecular formula is C19H18F3NO5. The zero-order chi connectivity index (χ0) is 21.3. The van der Waals surface area contributed by atoms with E-state index in [2.05, 4.69) is 4.74 Å². The topological polar surface area (TPSA) is 98.9 Å². The van der Waals surface area contributed by atoms with Crippen LogP contribution in [0.5, 0.6) is 5.75 Å². The molecule has 150 valence electrons. The molecular weight excluding hydrogens is 379 g/mol. The van der Waals surface area contributed by atoms with Gasteiger partial charge in [0.15, 0.2) is 5.75 Å². The molecule has 0 heterocycles. The van der Waals surface area contributed by atoms with Crippen LogP contribution in [0, 0.1) is 0 Å². The van der Waals surface area contributed by atoms with Crippen LogP contribution in [-0.4, -0.2) is 29.0 Å². The summed E-state index contributed by atoms with van der Waals surface area (Å²) >= 11 is 0. The van der Waals surface area contributed by atoms with Gasteiger partial charge in [0.1, 0.15) is 11.2 Å². The quantitative estimate of drug-likeness (QED) is 0.583. The Morgan fingerprint density at radius 2 is 1.64 bits per heavy atom. The summed E-state index contributed by atoms with van der Waals surface area (Å²) < 4.78 is 47.9. The summed E-state index contributed by atoms with van der Waals surface area (Å²) in [5, 5.41) is 9.45. The van der Waals surface area contributed by atoms with E-state index in [1.54, 1.807) is 39.0 Å². The number of carboxylic acid groups (broad SMARTS) is 1. The number of halogens is 3. The van der Waals surface area contributed by atoms with E-state index < -0.39 is 46.5 Å². The summed E-state index contributed by atoms with van der Waals surface area (Å²) in [5.41, 5.74) is 2.68. The maximum absolute atomic E-state index is 12.9.